The average molecular weight is 477 g/mol. The minimum absolute atomic E-state index is 0.0377. The van der Waals surface area contributed by atoms with Crippen LogP contribution in [0.1, 0.15) is 29.0 Å². The molecule has 0 saturated carbocycles. The van der Waals surface area contributed by atoms with E-state index in [1.165, 1.54) is 48.7 Å². The van der Waals surface area contributed by atoms with Gasteiger partial charge in [0.1, 0.15) is 12.4 Å². The highest BCUT2D eigenvalue weighted by atomic mass is 35.5. The van der Waals surface area contributed by atoms with Gasteiger partial charge in [-0.25, -0.2) is 25.9 Å². The summed E-state index contributed by atoms with van der Waals surface area (Å²) < 4.78 is 62.2. The van der Waals surface area contributed by atoms with Crippen LogP contribution < -0.4 is 0 Å². The van der Waals surface area contributed by atoms with Crippen molar-refractivity contribution in [2.24, 2.45) is 0 Å². The molecule has 0 radical (unpaired) electrons. The fraction of sp³-hybridized carbons (Fsp3) is 0.389. The number of rotatable bonds is 7. The molecular formula is C18H21ClN2O7S2. The van der Waals surface area contributed by atoms with Gasteiger partial charge >= 0.3 is 5.97 Å². The molecule has 2 aromatic rings. The second-order valence-corrected chi connectivity index (χ2v) is 11.3. The molecule has 30 heavy (non-hydrogen) atoms. The van der Waals surface area contributed by atoms with Gasteiger partial charge in [-0.1, -0.05) is 11.6 Å². The van der Waals surface area contributed by atoms with E-state index < -0.39 is 26.0 Å². The lowest BCUT2D eigenvalue weighted by molar-refractivity contribution is 0.0440. The molecule has 0 amide bonds. The lowest BCUT2D eigenvalue weighted by atomic mass is 10.2. The molecule has 0 unspecified atom stereocenters. The van der Waals surface area contributed by atoms with Crippen LogP contribution in [0.4, 0.5) is 0 Å². The second kappa shape index (κ2) is 8.67. The van der Waals surface area contributed by atoms with Crippen LogP contribution in [0, 0.1) is 0 Å². The molecule has 0 atom stereocenters. The van der Waals surface area contributed by atoms with Crippen molar-refractivity contribution < 1.29 is 30.8 Å². The minimum Gasteiger partial charge on any atom is -0.454 e. The molecule has 0 aliphatic carbocycles. The van der Waals surface area contributed by atoms with Crippen molar-refractivity contribution in [3.8, 4) is 0 Å². The van der Waals surface area contributed by atoms with Crippen molar-refractivity contribution in [3.05, 3.63) is 46.7 Å². The van der Waals surface area contributed by atoms with Crippen LogP contribution >= 0.6 is 11.6 Å². The molecule has 1 fully saturated rings. The van der Waals surface area contributed by atoms with Crippen LogP contribution in [0.25, 0.3) is 0 Å². The fourth-order valence-electron chi connectivity index (χ4n) is 2.87. The number of sulfonamides is 2. The summed E-state index contributed by atoms with van der Waals surface area (Å²) in [6.45, 7) is 0.518. The van der Waals surface area contributed by atoms with Gasteiger partial charge in [0.25, 0.3) is 10.0 Å². The van der Waals surface area contributed by atoms with Gasteiger partial charge in [-0.05, 0) is 43.2 Å². The normalized spacial score (nSPS) is 15.6. The van der Waals surface area contributed by atoms with E-state index in [-0.39, 0.29) is 32.9 Å². The first kappa shape index (κ1) is 22.8. The van der Waals surface area contributed by atoms with Crippen molar-refractivity contribution in [2.45, 2.75) is 29.4 Å². The zero-order valence-electron chi connectivity index (χ0n) is 16.4. The first-order chi connectivity index (χ1) is 14.0. The van der Waals surface area contributed by atoms with Crippen molar-refractivity contribution in [1.82, 2.24) is 8.61 Å². The fourth-order valence-corrected chi connectivity index (χ4v) is 5.42. The highest BCUT2D eigenvalue weighted by Crippen LogP contribution is 2.26. The Morgan fingerprint density at radius 2 is 1.80 bits per heavy atom. The van der Waals surface area contributed by atoms with Crippen LogP contribution in [0.3, 0.4) is 0 Å². The maximum atomic E-state index is 12.7. The molecule has 12 heteroatoms. The van der Waals surface area contributed by atoms with Gasteiger partial charge in [-0.15, -0.1) is 0 Å². The molecule has 0 bridgehead atoms. The lowest BCUT2D eigenvalue weighted by Gasteiger charge is -2.16. The van der Waals surface area contributed by atoms with Gasteiger partial charge in [-0.2, -0.15) is 4.31 Å². The number of nitrogens with zero attached hydrogens (tertiary/aromatic N) is 2. The van der Waals surface area contributed by atoms with E-state index in [1.54, 1.807) is 0 Å². The molecule has 0 spiro atoms. The van der Waals surface area contributed by atoms with E-state index in [9.17, 15) is 21.6 Å². The lowest BCUT2D eigenvalue weighted by Crippen LogP contribution is -2.28. The highest BCUT2D eigenvalue weighted by molar-refractivity contribution is 7.89. The zero-order valence-corrected chi connectivity index (χ0v) is 18.8. The first-order valence-electron chi connectivity index (χ1n) is 9.01. The molecular weight excluding hydrogens is 456 g/mol. The summed E-state index contributed by atoms with van der Waals surface area (Å²) in [5.74, 6) is -0.743. The second-order valence-electron chi connectivity index (χ2n) is 6.84. The number of esters is 1. The largest absolute Gasteiger partial charge is 0.454 e. The van der Waals surface area contributed by atoms with Crippen LogP contribution in [0.5, 0.6) is 0 Å². The summed E-state index contributed by atoms with van der Waals surface area (Å²) >= 11 is 6.06. The molecule has 0 N–H and O–H groups in total. The summed E-state index contributed by atoms with van der Waals surface area (Å²) in [6, 6.07) is 6.49. The quantitative estimate of drug-likeness (QED) is 0.563. The molecule has 164 valence electrons. The van der Waals surface area contributed by atoms with Crippen LogP contribution in [-0.4, -0.2) is 58.6 Å². The molecule has 1 aliphatic rings. The number of hydrogen-bond acceptors (Lipinski definition) is 7. The summed E-state index contributed by atoms with van der Waals surface area (Å²) in [5, 5.41) is -0.244. The summed E-state index contributed by atoms with van der Waals surface area (Å²) in [6.07, 6.45) is 1.58. The molecule has 1 aromatic carbocycles. The van der Waals surface area contributed by atoms with Crippen molar-refractivity contribution in [1.29, 1.82) is 0 Å². The van der Waals surface area contributed by atoms with E-state index in [0.717, 1.165) is 17.1 Å². The van der Waals surface area contributed by atoms with E-state index in [4.69, 9.17) is 20.8 Å². The molecule has 1 aliphatic heterocycles. The van der Waals surface area contributed by atoms with Crippen molar-refractivity contribution in [2.75, 3.05) is 27.2 Å². The number of ether oxygens (including phenoxy) is 1. The van der Waals surface area contributed by atoms with Gasteiger partial charge in [-0.3, -0.25) is 0 Å². The monoisotopic (exact) mass is 476 g/mol. The third-order valence-corrected chi connectivity index (χ3v) is 8.49. The standard InChI is InChI=1S/C18H21ClN2O7S2/c1-20(2)30(25,26)17-8-5-13(28-17)12-27-18(22)15-11-14(6-7-16(15)19)29(23,24)21-9-3-4-10-21/h5-8,11H,3-4,9-10,12H2,1-2H3. The van der Waals surface area contributed by atoms with E-state index in [0.29, 0.717) is 13.1 Å². The van der Waals surface area contributed by atoms with Gasteiger partial charge < -0.3 is 9.15 Å². The smallest absolute Gasteiger partial charge is 0.340 e. The Kier molecular flexibility index (Phi) is 6.58. The maximum absolute atomic E-state index is 12.7. The molecule has 9 nitrogen and oxygen atoms in total. The number of benzene rings is 1. The van der Waals surface area contributed by atoms with Crippen LogP contribution in [0.15, 0.2) is 44.7 Å². The number of halogens is 1. The predicted molar refractivity (Wildman–Crippen MR) is 108 cm³/mol. The van der Waals surface area contributed by atoms with E-state index >= 15 is 0 Å². The SMILES string of the molecule is CN(C)S(=O)(=O)c1ccc(COC(=O)c2cc(S(=O)(=O)N3CCCC3)ccc2Cl)o1. The first-order valence-corrected chi connectivity index (χ1v) is 12.3. The topological polar surface area (TPSA) is 114 Å². The van der Waals surface area contributed by atoms with E-state index in [2.05, 4.69) is 0 Å². The number of carbonyl (C=O) groups excluding carboxylic acids is 1. The number of hydrogen-bond donors (Lipinski definition) is 0. The predicted octanol–water partition coefficient (Wildman–Crippen LogP) is 2.32. The summed E-state index contributed by atoms with van der Waals surface area (Å²) in [4.78, 5) is 12.4. The van der Waals surface area contributed by atoms with Gasteiger partial charge in [0.2, 0.25) is 15.1 Å². The molecule has 1 saturated heterocycles. The molecule has 3 rings (SSSR count). The Morgan fingerprint density at radius 1 is 1.13 bits per heavy atom. The van der Waals surface area contributed by atoms with E-state index in [1.807, 2.05) is 0 Å². The summed E-state index contributed by atoms with van der Waals surface area (Å²) in [7, 11) is -4.75. The Balaban J connectivity index is 1.76. The van der Waals surface area contributed by atoms with Crippen LogP contribution in [-0.2, 0) is 31.4 Å². The Bertz CT molecular complexity index is 1150. The third kappa shape index (κ3) is 4.54. The Morgan fingerprint density at radius 3 is 2.43 bits per heavy atom. The maximum Gasteiger partial charge on any atom is 0.340 e. The third-order valence-electron chi connectivity index (χ3n) is 4.58. The Hall–Kier alpha value is -1.92. The zero-order chi connectivity index (χ0) is 22.1. The van der Waals surface area contributed by atoms with Crippen LogP contribution in [0.2, 0.25) is 5.02 Å². The van der Waals surface area contributed by atoms with Gasteiger partial charge in [0.15, 0.2) is 0 Å². The number of carbonyl (C=O) groups is 1. The molecule has 1 aromatic heterocycles. The van der Waals surface area contributed by atoms with Crippen molar-refractivity contribution >= 4 is 37.6 Å². The van der Waals surface area contributed by atoms with Gasteiger partial charge in [0.05, 0.1) is 15.5 Å². The van der Waals surface area contributed by atoms with Crippen molar-refractivity contribution in [3.63, 3.8) is 0 Å². The minimum atomic E-state index is -3.75. The summed E-state index contributed by atoms with van der Waals surface area (Å²) in [5.41, 5.74) is -0.107. The number of furan rings is 1. The molecule has 2 heterocycles. The Labute approximate surface area is 180 Å². The average Bonchev–Trinajstić information content (AvgIpc) is 3.38. The van der Waals surface area contributed by atoms with Gasteiger partial charge in [0, 0.05) is 27.2 Å². The highest BCUT2D eigenvalue weighted by Gasteiger charge is 2.29.